The minimum atomic E-state index is -0.463. The maximum atomic E-state index is 12.7. The Kier molecular flexibility index (Phi) is 7.06. The molecule has 2 aliphatic rings. The zero-order valence-corrected chi connectivity index (χ0v) is 17.9. The molecule has 1 aromatic carbocycles. The van der Waals surface area contributed by atoms with E-state index in [2.05, 4.69) is 12.8 Å². The summed E-state index contributed by atoms with van der Waals surface area (Å²) in [5.41, 5.74) is 0.668. The number of terminal acetylenes is 1. The number of methoxy groups -OCH3 is 1. The van der Waals surface area contributed by atoms with Crippen molar-refractivity contribution in [3.63, 3.8) is 0 Å². The van der Waals surface area contributed by atoms with Crippen LogP contribution in [0.5, 0.6) is 11.5 Å². The van der Waals surface area contributed by atoms with E-state index in [9.17, 15) is 14.4 Å². The summed E-state index contributed by atoms with van der Waals surface area (Å²) < 4.78 is 10.7. The zero-order valence-electron chi connectivity index (χ0n) is 17.1. The van der Waals surface area contributed by atoms with Gasteiger partial charge < -0.3 is 14.4 Å². The molecule has 0 radical (unpaired) electrons. The Morgan fingerprint density at radius 1 is 1.30 bits per heavy atom. The van der Waals surface area contributed by atoms with Gasteiger partial charge in [-0.2, -0.15) is 0 Å². The second-order valence-corrected chi connectivity index (χ2v) is 8.23. The van der Waals surface area contributed by atoms with Gasteiger partial charge in [-0.05, 0) is 54.3 Å². The van der Waals surface area contributed by atoms with Crippen LogP contribution in [0.4, 0.5) is 4.79 Å². The van der Waals surface area contributed by atoms with Crippen molar-refractivity contribution in [1.29, 1.82) is 0 Å². The number of hydrogen-bond acceptors (Lipinski definition) is 6. The molecule has 2 aliphatic heterocycles. The first-order chi connectivity index (χ1) is 14.4. The van der Waals surface area contributed by atoms with Gasteiger partial charge in [0.15, 0.2) is 11.5 Å². The van der Waals surface area contributed by atoms with E-state index in [4.69, 9.17) is 15.9 Å². The summed E-state index contributed by atoms with van der Waals surface area (Å²) in [6.07, 6.45) is 8.69. The molecule has 7 nitrogen and oxygen atoms in total. The lowest BCUT2D eigenvalue weighted by Gasteiger charge is -2.31. The van der Waals surface area contributed by atoms with Crippen LogP contribution in [0.3, 0.4) is 0 Å². The van der Waals surface area contributed by atoms with E-state index >= 15 is 0 Å². The van der Waals surface area contributed by atoms with Crippen molar-refractivity contribution in [2.75, 3.05) is 33.4 Å². The van der Waals surface area contributed by atoms with Crippen LogP contribution >= 0.6 is 11.8 Å². The summed E-state index contributed by atoms with van der Waals surface area (Å²) in [6, 6.07) is 5.12. The van der Waals surface area contributed by atoms with Gasteiger partial charge in [-0.25, -0.2) is 0 Å². The molecular weight excluding hydrogens is 404 g/mol. The highest BCUT2D eigenvalue weighted by Crippen LogP contribution is 2.34. The van der Waals surface area contributed by atoms with Crippen molar-refractivity contribution in [2.45, 2.75) is 19.8 Å². The van der Waals surface area contributed by atoms with Gasteiger partial charge in [0.1, 0.15) is 13.2 Å². The minimum absolute atomic E-state index is 0.110. The van der Waals surface area contributed by atoms with E-state index in [1.165, 1.54) is 7.11 Å². The van der Waals surface area contributed by atoms with Crippen LogP contribution in [-0.4, -0.2) is 60.2 Å². The number of imide groups is 1. The molecular formula is C22H24N2O5S. The lowest BCUT2D eigenvalue weighted by Crippen LogP contribution is -2.45. The summed E-state index contributed by atoms with van der Waals surface area (Å²) in [7, 11) is 1.50. The molecule has 0 aliphatic carbocycles. The Morgan fingerprint density at radius 3 is 2.70 bits per heavy atom. The molecule has 0 unspecified atom stereocenters. The largest absolute Gasteiger partial charge is 0.493 e. The Hall–Kier alpha value is -2.92. The van der Waals surface area contributed by atoms with Crippen LogP contribution in [0.25, 0.3) is 6.08 Å². The predicted octanol–water partition coefficient (Wildman–Crippen LogP) is 3.00. The summed E-state index contributed by atoms with van der Waals surface area (Å²) in [5, 5.41) is -0.439. The summed E-state index contributed by atoms with van der Waals surface area (Å²) >= 11 is 0.826. The van der Waals surface area contributed by atoms with E-state index in [0.29, 0.717) is 36.1 Å². The molecule has 0 bridgehead atoms. The fraction of sp³-hybridized carbons (Fsp3) is 0.409. The highest BCUT2D eigenvalue weighted by molar-refractivity contribution is 8.18. The molecule has 3 amide bonds. The Balaban J connectivity index is 1.70. The average Bonchev–Trinajstić information content (AvgIpc) is 3.00. The average molecular weight is 429 g/mol. The molecule has 2 saturated heterocycles. The quantitative estimate of drug-likeness (QED) is 0.512. The molecule has 30 heavy (non-hydrogen) atoms. The number of benzene rings is 1. The molecule has 0 aromatic heterocycles. The normalized spacial score (nSPS) is 18.6. The Bertz CT molecular complexity index is 913. The van der Waals surface area contributed by atoms with Gasteiger partial charge in [-0.1, -0.05) is 18.9 Å². The summed E-state index contributed by atoms with van der Waals surface area (Å²) in [5.74, 6) is 3.28. The summed E-state index contributed by atoms with van der Waals surface area (Å²) in [6.45, 7) is 3.38. The van der Waals surface area contributed by atoms with E-state index in [1.54, 1.807) is 29.2 Å². The van der Waals surface area contributed by atoms with Crippen molar-refractivity contribution >= 4 is 34.9 Å². The number of ether oxygens (including phenoxy) is 2. The SMILES string of the molecule is C#CCOc1ccc(C=C2SC(=O)N(CC(=O)N3CCC(C)CC3)C2=O)cc1OC. The van der Waals surface area contributed by atoms with Gasteiger partial charge in [0.05, 0.1) is 12.0 Å². The molecule has 3 rings (SSSR count). The van der Waals surface area contributed by atoms with E-state index in [-0.39, 0.29) is 24.0 Å². The predicted molar refractivity (Wildman–Crippen MR) is 115 cm³/mol. The number of likely N-dealkylation sites (tertiary alicyclic amines) is 1. The Labute approximate surface area is 180 Å². The van der Waals surface area contributed by atoms with Gasteiger partial charge in [-0.15, -0.1) is 6.42 Å². The maximum Gasteiger partial charge on any atom is 0.294 e. The van der Waals surface area contributed by atoms with Gasteiger partial charge >= 0.3 is 0 Å². The monoisotopic (exact) mass is 428 g/mol. The molecule has 0 N–H and O–H groups in total. The fourth-order valence-electron chi connectivity index (χ4n) is 3.29. The third kappa shape index (κ3) is 4.97. The van der Waals surface area contributed by atoms with Crippen LogP contribution in [0, 0.1) is 18.3 Å². The van der Waals surface area contributed by atoms with Crippen molar-refractivity contribution in [1.82, 2.24) is 9.80 Å². The van der Waals surface area contributed by atoms with Crippen molar-refractivity contribution in [2.24, 2.45) is 5.92 Å². The number of thioether (sulfide) groups is 1. The van der Waals surface area contributed by atoms with Gasteiger partial charge in [0, 0.05) is 13.1 Å². The molecule has 2 fully saturated rings. The molecule has 158 valence electrons. The molecule has 1 aromatic rings. The molecule has 0 spiro atoms. The van der Waals surface area contributed by atoms with Crippen molar-refractivity contribution in [3.05, 3.63) is 28.7 Å². The topological polar surface area (TPSA) is 76.2 Å². The number of carbonyl (C=O) groups excluding carboxylic acids is 3. The smallest absolute Gasteiger partial charge is 0.294 e. The lowest BCUT2D eigenvalue weighted by atomic mass is 9.99. The molecule has 0 atom stereocenters. The number of amides is 3. The van der Waals surface area contributed by atoms with Gasteiger partial charge in [0.25, 0.3) is 11.1 Å². The number of nitrogens with zero attached hydrogens (tertiary/aromatic N) is 2. The zero-order chi connectivity index (χ0) is 21.7. The number of hydrogen-bond donors (Lipinski definition) is 0. The van der Waals surface area contributed by atoms with Crippen LogP contribution < -0.4 is 9.47 Å². The highest BCUT2D eigenvalue weighted by atomic mass is 32.2. The maximum absolute atomic E-state index is 12.7. The second kappa shape index (κ2) is 9.72. The van der Waals surface area contributed by atoms with Crippen LogP contribution in [0.2, 0.25) is 0 Å². The van der Waals surface area contributed by atoms with Crippen molar-refractivity contribution < 1.29 is 23.9 Å². The standard InChI is InChI=1S/C22H24N2O5S/c1-4-11-29-17-6-5-16(12-18(17)28-3)13-19-21(26)24(22(27)30-19)14-20(25)23-9-7-15(2)8-10-23/h1,5-6,12-13,15H,7-11,14H2,2-3H3. The van der Waals surface area contributed by atoms with E-state index in [1.807, 2.05) is 0 Å². The highest BCUT2D eigenvalue weighted by Gasteiger charge is 2.37. The number of carbonyl (C=O) groups is 3. The van der Waals surface area contributed by atoms with Crippen LogP contribution in [0.15, 0.2) is 23.1 Å². The van der Waals surface area contributed by atoms with Gasteiger partial charge in [0.2, 0.25) is 5.91 Å². The van der Waals surface area contributed by atoms with Crippen LogP contribution in [0.1, 0.15) is 25.3 Å². The second-order valence-electron chi connectivity index (χ2n) is 7.23. The number of rotatable bonds is 6. The molecule has 8 heteroatoms. The number of piperidine rings is 1. The molecule has 0 saturated carbocycles. The third-order valence-corrected chi connectivity index (χ3v) is 6.01. The summed E-state index contributed by atoms with van der Waals surface area (Å²) in [4.78, 5) is 40.6. The van der Waals surface area contributed by atoms with Gasteiger partial charge in [-0.3, -0.25) is 19.3 Å². The first kappa shape index (κ1) is 21.8. The first-order valence-corrected chi connectivity index (χ1v) is 10.5. The van der Waals surface area contributed by atoms with E-state index < -0.39 is 11.1 Å². The minimum Gasteiger partial charge on any atom is -0.493 e. The lowest BCUT2D eigenvalue weighted by molar-refractivity contribution is -0.136. The Morgan fingerprint density at radius 2 is 2.03 bits per heavy atom. The first-order valence-electron chi connectivity index (χ1n) is 9.70. The fourth-order valence-corrected chi connectivity index (χ4v) is 4.13. The van der Waals surface area contributed by atoms with Crippen LogP contribution in [-0.2, 0) is 9.59 Å². The van der Waals surface area contributed by atoms with E-state index in [0.717, 1.165) is 29.5 Å². The van der Waals surface area contributed by atoms with Crippen molar-refractivity contribution in [3.8, 4) is 23.8 Å². The molecule has 2 heterocycles. The third-order valence-electron chi connectivity index (χ3n) is 5.10.